The molecule has 3 aromatic heterocycles. The van der Waals surface area contributed by atoms with Crippen LogP contribution < -0.4 is 23.7 Å². The third-order valence-electron chi connectivity index (χ3n) is 12.9. The van der Waals surface area contributed by atoms with Crippen LogP contribution in [0.25, 0.3) is 43.2 Å². The number of hydrogen-bond donors (Lipinski definition) is 1. The molecule has 7 heterocycles. The van der Waals surface area contributed by atoms with Gasteiger partial charge in [-0.05, 0) is 91.7 Å². The van der Waals surface area contributed by atoms with E-state index in [1.165, 1.54) is 29.8 Å². The van der Waals surface area contributed by atoms with Crippen LogP contribution in [0.1, 0.15) is 22.4 Å². The van der Waals surface area contributed by atoms with Gasteiger partial charge in [0, 0.05) is 66.9 Å². The van der Waals surface area contributed by atoms with E-state index in [-0.39, 0.29) is 31.6 Å². The van der Waals surface area contributed by atoms with Crippen LogP contribution in [0, 0.1) is 19.7 Å². The van der Waals surface area contributed by atoms with Crippen molar-refractivity contribution in [2.45, 2.75) is 45.2 Å². The second-order valence-electron chi connectivity index (χ2n) is 17.9. The molecule has 0 unspecified atom stereocenters. The topological polar surface area (TPSA) is 160 Å². The summed E-state index contributed by atoms with van der Waals surface area (Å²) in [6.07, 6.45) is 0.638. The summed E-state index contributed by atoms with van der Waals surface area (Å²) in [4.78, 5) is 37.8. The zero-order valence-electron chi connectivity index (χ0n) is 39.7. The van der Waals surface area contributed by atoms with Crippen LogP contribution in [0.4, 0.5) is 4.39 Å². The van der Waals surface area contributed by atoms with Gasteiger partial charge in [0.1, 0.15) is 66.3 Å². The lowest BCUT2D eigenvalue weighted by Crippen LogP contribution is -2.49. The van der Waals surface area contributed by atoms with Gasteiger partial charge in [0.05, 0.1) is 40.9 Å². The quantitative estimate of drug-likeness (QED) is 0.130. The van der Waals surface area contributed by atoms with Crippen LogP contribution in [-0.4, -0.2) is 132 Å². The molecule has 3 atom stereocenters. The van der Waals surface area contributed by atoms with Crippen molar-refractivity contribution < 1.29 is 47.4 Å². The summed E-state index contributed by atoms with van der Waals surface area (Å²) in [6.45, 7) is 9.73. The number of likely N-dealkylation sites (N-methyl/N-ethyl adjacent to an activating group) is 1. The third kappa shape index (κ3) is 10.9. The van der Waals surface area contributed by atoms with Crippen LogP contribution in [0.3, 0.4) is 0 Å². The van der Waals surface area contributed by atoms with Crippen molar-refractivity contribution in [1.29, 1.82) is 0 Å². The summed E-state index contributed by atoms with van der Waals surface area (Å²) < 4.78 is 58.1. The predicted molar refractivity (Wildman–Crippen MR) is 272 cm³/mol. The molecule has 0 saturated carbocycles. The molecule has 0 aliphatic carbocycles. The Morgan fingerprint density at radius 2 is 1.68 bits per heavy atom. The Balaban J connectivity index is 1.02. The largest absolute Gasteiger partial charge is 0.491 e. The lowest BCUT2D eigenvalue weighted by Gasteiger charge is -2.35. The normalized spacial score (nSPS) is 18.7. The molecule has 4 bridgehead atoms. The average molecular weight is 1040 g/mol. The summed E-state index contributed by atoms with van der Waals surface area (Å²) in [5.41, 5.74) is 5.04. The fraction of sp³-hybridized carbons (Fsp3) is 0.340. The summed E-state index contributed by atoms with van der Waals surface area (Å²) in [5, 5.41) is 12.0. The van der Waals surface area contributed by atoms with E-state index < -0.39 is 24.0 Å². The summed E-state index contributed by atoms with van der Waals surface area (Å²) >= 11 is 16.0. The van der Waals surface area contributed by atoms with E-state index in [2.05, 4.69) is 31.8 Å². The number of piperazine rings is 1. The van der Waals surface area contributed by atoms with E-state index in [9.17, 15) is 14.3 Å². The number of benzene rings is 4. The summed E-state index contributed by atoms with van der Waals surface area (Å²) in [7, 11) is 2.10. The fourth-order valence-corrected chi connectivity index (χ4v) is 10.7. The number of aliphatic carboxylic acids is 1. The van der Waals surface area contributed by atoms with Gasteiger partial charge in [-0.25, -0.2) is 29.1 Å². The molecule has 7 aromatic rings. The first-order valence-corrected chi connectivity index (χ1v) is 25.1. The molecule has 72 heavy (non-hydrogen) atoms. The molecule has 4 aromatic carbocycles. The number of ether oxygens (including phenoxy) is 7. The number of carboxylic acid groups (broad SMARTS) is 1. The van der Waals surface area contributed by atoms with Gasteiger partial charge >= 0.3 is 5.97 Å². The van der Waals surface area contributed by atoms with E-state index in [1.54, 1.807) is 42.6 Å². The molecule has 1 N–H and O–H groups in total. The minimum absolute atomic E-state index is 0.0177. The van der Waals surface area contributed by atoms with Crippen molar-refractivity contribution in [2.24, 2.45) is 0 Å². The van der Waals surface area contributed by atoms with Gasteiger partial charge in [-0.1, -0.05) is 47.5 Å². The standard InChI is InChI=1S/C53H51Cl2FN6O9S/c1-30-43-31(2)47(55)48(46(30)54)70-39(24-62-17-15-61(3)16-18-62)27-67-38-11-12-41(69-25-36-13-14-57-50(60-36)33-5-4-6-37(21-33)68-28-40-26-65-19-20-66-40)34(22-38)23-42(53(63)64)71-51-45-44(43)49(72-52(45)59-29-58-51)32-7-9-35(56)10-8-32/h4-14,21-22,29,39-40,42H,15-20,23-28H2,1-3H3,(H,63,64)/t39-,40+,42-/m1/s1. The number of carboxylic acids is 1. The number of thiophene rings is 1. The molecule has 19 heteroatoms. The van der Waals surface area contributed by atoms with Crippen LogP contribution >= 0.6 is 34.5 Å². The van der Waals surface area contributed by atoms with Crippen molar-refractivity contribution >= 4 is 50.7 Å². The summed E-state index contributed by atoms with van der Waals surface area (Å²) in [6, 6.07) is 20.6. The van der Waals surface area contributed by atoms with Gasteiger partial charge in [-0.2, -0.15) is 0 Å². The number of rotatable bonds is 11. The highest BCUT2D eigenvalue weighted by Gasteiger charge is 2.32. The second kappa shape index (κ2) is 21.9. The maximum atomic E-state index is 14.4. The molecule has 2 fully saturated rings. The SMILES string of the molecule is Cc1c(Cl)c2c(Cl)c(C)c1-c1c(-c3ccc(F)cc3)sc3ncnc(c13)O[C@@H](C(=O)O)Cc1cc(ccc1OCc1ccnc(-c3cccc(OC[C@@H]4COCCO4)c3)n1)OC[C@@H](CN1CCN(C)CC1)O2. The molecule has 11 rings (SSSR count). The minimum atomic E-state index is -1.49. The van der Waals surface area contributed by atoms with Crippen LogP contribution in [0.2, 0.25) is 10.0 Å². The minimum Gasteiger partial charge on any atom is -0.491 e. The molecule has 0 spiro atoms. The van der Waals surface area contributed by atoms with Gasteiger partial charge < -0.3 is 43.2 Å². The van der Waals surface area contributed by atoms with Gasteiger partial charge in [-0.3, -0.25) is 4.90 Å². The van der Waals surface area contributed by atoms with Crippen LogP contribution in [0.5, 0.6) is 28.9 Å². The predicted octanol–water partition coefficient (Wildman–Crippen LogP) is 9.38. The molecular formula is C53H51Cl2FN6O9S. The molecule has 0 radical (unpaired) electrons. The summed E-state index contributed by atoms with van der Waals surface area (Å²) in [5.74, 6) is 0.613. The first-order chi connectivity index (χ1) is 34.9. The van der Waals surface area contributed by atoms with E-state index in [4.69, 9.17) is 61.3 Å². The number of aromatic nitrogens is 4. The first kappa shape index (κ1) is 49.4. The lowest BCUT2D eigenvalue weighted by molar-refractivity contribution is -0.145. The van der Waals surface area contributed by atoms with Gasteiger partial charge in [0.25, 0.3) is 0 Å². The number of fused-ring (bicyclic) bond motifs is 7. The van der Waals surface area contributed by atoms with E-state index in [0.717, 1.165) is 31.7 Å². The van der Waals surface area contributed by atoms with Crippen LogP contribution in [0.15, 0.2) is 85.3 Å². The zero-order chi connectivity index (χ0) is 49.9. The molecule has 4 aliphatic heterocycles. The van der Waals surface area contributed by atoms with Crippen molar-refractivity contribution in [1.82, 2.24) is 29.7 Å². The Morgan fingerprint density at radius 3 is 2.44 bits per heavy atom. The zero-order valence-corrected chi connectivity index (χ0v) is 42.1. The van der Waals surface area contributed by atoms with Crippen molar-refractivity contribution in [2.75, 3.05) is 72.8 Å². The lowest BCUT2D eigenvalue weighted by atomic mass is 9.92. The van der Waals surface area contributed by atoms with Gasteiger partial charge in [0.15, 0.2) is 11.6 Å². The van der Waals surface area contributed by atoms with E-state index in [1.807, 2.05) is 38.1 Å². The Bertz CT molecular complexity index is 3070. The number of nitrogens with zero attached hydrogens (tertiary/aromatic N) is 6. The average Bonchev–Trinajstić information content (AvgIpc) is 3.78. The maximum Gasteiger partial charge on any atom is 0.345 e. The molecule has 4 aliphatic rings. The Hall–Kier alpha value is -6.18. The monoisotopic (exact) mass is 1040 g/mol. The smallest absolute Gasteiger partial charge is 0.345 e. The molecular weight excluding hydrogens is 987 g/mol. The van der Waals surface area contributed by atoms with E-state index >= 15 is 0 Å². The number of halogens is 3. The molecule has 15 nitrogen and oxygen atoms in total. The molecule has 2 saturated heterocycles. The third-order valence-corrected chi connectivity index (χ3v) is 14.9. The number of carbonyl (C=O) groups is 1. The Labute approximate surface area is 429 Å². The highest BCUT2D eigenvalue weighted by Crippen LogP contribution is 2.53. The van der Waals surface area contributed by atoms with Crippen LogP contribution in [-0.2, 0) is 27.3 Å². The fourth-order valence-electron chi connectivity index (χ4n) is 9.03. The highest BCUT2D eigenvalue weighted by molar-refractivity contribution is 7.22. The first-order valence-electron chi connectivity index (χ1n) is 23.6. The molecule has 374 valence electrons. The van der Waals surface area contributed by atoms with Crippen molar-refractivity contribution in [3.63, 3.8) is 0 Å². The second-order valence-corrected chi connectivity index (χ2v) is 19.6. The van der Waals surface area contributed by atoms with E-state index in [0.29, 0.717) is 126 Å². The van der Waals surface area contributed by atoms with Crippen molar-refractivity contribution in [3.05, 3.63) is 124 Å². The maximum absolute atomic E-state index is 14.4. The number of hydrogen-bond acceptors (Lipinski definition) is 15. The Kier molecular flexibility index (Phi) is 15.0. The molecule has 0 amide bonds. The highest BCUT2D eigenvalue weighted by atomic mass is 35.5. The Morgan fingerprint density at radius 1 is 0.875 bits per heavy atom. The van der Waals surface area contributed by atoms with Gasteiger partial charge in [-0.15, -0.1) is 11.3 Å². The van der Waals surface area contributed by atoms with Gasteiger partial charge in [0.2, 0.25) is 12.0 Å². The van der Waals surface area contributed by atoms with Crippen molar-refractivity contribution in [3.8, 4) is 61.8 Å².